The molecule has 1 aromatic heterocycles. The number of anilines is 1. The molecule has 0 saturated carbocycles. The Hall–Kier alpha value is -0.960. The van der Waals surface area contributed by atoms with E-state index in [0.29, 0.717) is 0 Å². The molecule has 0 aromatic carbocycles. The van der Waals surface area contributed by atoms with E-state index < -0.39 is 0 Å². The molecule has 0 aliphatic carbocycles. The van der Waals surface area contributed by atoms with Crippen molar-refractivity contribution in [2.45, 2.75) is 12.8 Å². The minimum Gasteiger partial charge on any atom is -0.361 e. The van der Waals surface area contributed by atoms with Gasteiger partial charge >= 0.3 is 0 Å². The largest absolute Gasteiger partial charge is 0.361 e. The first-order chi connectivity index (χ1) is 6.86. The number of nitrogens with zero attached hydrogens (tertiary/aromatic N) is 1. The van der Waals surface area contributed by atoms with Crippen LogP contribution in [-0.2, 0) is 0 Å². The maximum atomic E-state index is 3.45. The van der Waals surface area contributed by atoms with E-state index in [0.717, 1.165) is 12.5 Å². The summed E-state index contributed by atoms with van der Waals surface area (Å²) in [5.74, 6) is 2.02. The molecule has 1 atom stereocenters. The molecule has 3 heteroatoms. The van der Waals surface area contributed by atoms with Crippen LogP contribution in [0.15, 0.2) is 18.3 Å². The molecule has 0 amide bonds. The smallest absolute Gasteiger partial charge is 0.105 e. The van der Waals surface area contributed by atoms with Crippen molar-refractivity contribution in [3.8, 4) is 0 Å². The monoisotopic (exact) mass is 193 g/mol. The van der Waals surface area contributed by atoms with Crippen molar-refractivity contribution in [3.05, 3.63) is 18.3 Å². The predicted molar refractivity (Wildman–Crippen MR) is 59.7 cm³/mol. The van der Waals surface area contributed by atoms with Crippen LogP contribution in [0, 0.1) is 5.92 Å². The summed E-state index contributed by atoms with van der Waals surface area (Å²) in [4.78, 5) is 5.54. The lowest BCUT2D eigenvalue weighted by atomic mass is 9.99. The third-order valence-electron chi connectivity index (χ3n) is 2.92. The van der Waals surface area contributed by atoms with Crippen LogP contribution in [0.25, 0.3) is 0 Å². The number of aromatic nitrogens is 1. The summed E-state index contributed by atoms with van der Waals surface area (Å²) in [5, 5.41) is 3.45. The van der Waals surface area contributed by atoms with Crippen LogP contribution in [-0.4, -0.2) is 31.7 Å². The molecule has 1 unspecified atom stereocenters. The maximum Gasteiger partial charge on any atom is 0.105 e. The first-order valence-corrected chi connectivity index (χ1v) is 5.41. The molecular weight excluding hydrogens is 174 g/mol. The normalized spacial score (nSPS) is 22.2. The minimum absolute atomic E-state index is 0.803. The van der Waals surface area contributed by atoms with E-state index in [1.165, 1.54) is 31.7 Å². The quantitative estimate of drug-likeness (QED) is 0.761. The molecule has 2 rings (SSSR count). The number of piperidine rings is 1. The number of hydrogen-bond donors (Lipinski definition) is 2. The van der Waals surface area contributed by atoms with Gasteiger partial charge in [0.25, 0.3) is 0 Å². The van der Waals surface area contributed by atoms with E-state index in [9.17, 15) is 0 Å². The zero-order valence-electron chi connectivity index (χ0n) is 8.79. The molecule has 2 heterocycles. The van der Waals surface area contributed by atoms with Gasteiger partial charge in [0.1, 0.15) is 5.82 Å². The number of aromatic amines is 1. The van der Waals surface area contributed by atoms with E-state index in [4.69, 9.17) is 0 Å². The average Bonchev–Trinajstić information content (AvgIpc) is 2.72. The van der Waals surface area contributed by atoms with Crippen molar-refractivity contribution >= 4 is 5.82 Å². The highest BCUT2D eigenvalue weighted by Gasteiger charge is 2.15. The Morgan fingerprint density at radius 3 is 3.14 bits per heavy atom. The molecule has 1 aromatic rings. The fourth-order valence-electron chi connectivity index (χ4n) is 2.12. The SMILES string of the molecule is CN(CC1CCCNC1)c1ccc[nH]1. The standard InChI is InChI=1S/C11H19N3/c1-14(11-5-3-7-13-11)9-10-4-2-6-12-8-10/h3,5,7,10,12-13H,2,4,6,8-9H2,1H3. The van der Waals surface area contributed by atoms with Gasteiger partial charge in [-0.15, -0.1) is 0 Å². The fourth-order valence-corrected chi connectivity index (χ4v) is 2.12. The lowest BCUT2D eigenvalue weighted by Gasteiger charge is -2.28. The second-order valence-electron chi connectivity index (χ2n) is 4.15. The number of nitrogens with one attached hydrogen (secondary N) is 2. The molecule has 1 aliphatic heterocycles. The number of rotatable bonds is 3. The summed E-state index contributed by atoms with van der Waals surface area (Å²) in [7, 11) is 2.15. The van der Waals surface area contributed by atoms with Gasteiger partial charge in [-0.05, 0) is 44.0 Å². The first kappa shape index (κ1) is 9.59. The zero-order chi connectivity index (χ0) is 9.80. The molecule has 78 valence electrons. The molecule has 1 saturated heterocycles. The van der Waals surface area contributed by atoms with E-state index in [2.05, 4.69) is 28.3 Å². The Morgan fingerprint density at radius 1 is 1.57 bits per heavy atom. The second kappa shape index (κ2) is 4.51. The molecule has 0 radical (unpaired) electrons. The highest BCUT2D eigenvalue weighted by molar-refractivity contribution is 5.37. The van der Waals surface area contributed by atoms with Gasteiger partial charge in [-0.3, -0.25) is 0 Å². The van der Waals surface area contributed by atoms with Gasteiger partial charge < -0.3 is 15.2 Å². The van der Waals surface area contributed by atoms with Gasteiger partial charge in [0.2, 0.25) is 0 Å². The van der Waals surface area contributed by atoms with Crippen molar-refractivity contribution in [1.82, 2.24) is 10.3 Å². The number of hydrogen-bond acceptors (Lipinski definition) is 2. The molecule has 2 N–H and O–H groups in total. The summed E-state index contributed by atoms with van der Waals surface area (Å²) in [6, 6.07) is 4.17. The van der Waals surface area contributed by atoms with Crippen molar-refractivity contribution in [2.24, 2.45) is 5.92 Å². The maximum absolute atomic E-state index is 3.45. The van der Waals surface area contributed by atoms with Gasteiger partial charge in [-0.25, -0.2) is 0 Å². The van der Waals surface area contributed by atoms with E-state index >= 15 is 0 Å². The van der Waals surface area contributed by atoms with Gasteiger partial charge in [-0.2, -0.15) is 0 Å². The van der Waals surface area contributed by atoms with Gasteiger partial charge in [-0.1, -0.05) is 0 Å². The Morgan fingerprint density at radius 2 is 2.50 bits per heavy atom. The summed E-state index contributed by atoms with van der Waals surface area (Å²) >= 11 is 0. The molecule has 1 aliphatic rings. The Balaban J connectivity index is 1.84. The molecule has 0 bridgehead atoms. The second-order valence-corrected chi connectivity index (χ2v) is 4.15. The highest BCUT2D eigenvalue weighted by atomic mass is 15.2. The fraction of sp³-hybridized carbons (Fsp3) is 0.636. The van der Waals surface area contributed by atoms with Crippen molar-refractivity contribution in [1.29, 1.82) is 0 Å². The third-order valence-corrected chi connectivity index (χ3v) is 2.92. The predicted octanol–water partition coefficient (Wildman–Crippen LogP) is 1.45. The summed E-state index contributed by atoms with van der Waals surface area (Å²) < 4.78 is 0. The van der Waals surface area contributed by atoms with Gasteiger partial charge in [0.05, 0.1) is 0 Å². The van der Waals surface area contributed by atoms with Crippen LogP contribution in [0.2, 0.25) is 0 Å². The molecule has 3 nitrogen and oxygen atoms in total. The van der Waals surface area contributed by atoms with Crippen molar-refractivity contribution in [3.63, 3.8) is 0 Å². The van der Waals surface area contributed by atoms with Crippen molar-refractivity contribution in [2.75, 3.05) is 31.6 Å². The molecular formula is C11H19N3. The lowest BCUT2D eigenvalue weighted by Crippen LogP contribution is -2.36. The van der Waals surface area contributed by atoms with Gasteiger partial charge in [0.15, 0.2) is 0 Å². The van der Waals surface area contributed by atoms with Crippen molar-refractivity contribution < 1.29 is 0 Å². The number of H-pyrrole nitrogens is 1. The molecule has 1 fully saturated rings. The minimum atomic E-state index is 0.803. The summed E-state index contributed by atoms with van der Waals surface area (Å²) in [6.45, 7) is 3.52. The van der Waals surface area contributed by atoms with Crippen LogP contribution in [0.5, 0.6) is 0 Å². The summed E-state index contributed by atoms with van der Waals surface area (Å²) in [5.41, 5.74) is 0. The summed E-state index contributed by atoms with van der Waals surface area (Å²) in [6.07, 6.45) is 4.66. The average molecular weight is 193 g/mol. The van der Waals surface area contributed by atoms with E-state index in [1.54, 1.807) is 0 Å². The highest BCUT2D eigenvalue weighted by Crippen LogP contribution is 2.15. The third kappa shape index (κ3) is 2.29. The van der Waals surface area contributed by atoms with Crippen LogP contribution in [0.1, 0.15) is 12.8 Å². The van der Waals surface area contributed by atoms with Crippen LogP contribution in [0.4, 0.5) is 5.82 Å². The Labute approximate surface area is 85.5 Å². The van der Waals surface area contributed by atoms with E-state index in [1.807, 2.05) is 12.3 Å². The molecule has 0 spiro atoms. The Kier molecular flexibility index (Phi) is 3.09. The molecule has 14 heavy (non-hydrogen) atoms. The van der Waals surface area contributed by atoms with Gasteiger partial charge in [0, 0.05) is 19.8 Å². The van der Waals surface area contributed by atoms with E-state index in [-0.39, 0.29) is 0 Å². The Bertz CT molecular complexity index is 250. The van der Waals surface area contributed by atoms with Crippen LogP contribution in [0.3, 0.4) is 0 Å². The first-order valence-electron chi connectivity index (χ1n) is 5.41. The topological polar surface area (TPSA) is 31.1 Å². The van der Waals surface area contributed by atoms with Crippen LogP contribution < -0.4 is 10.2 Å². The lowest BCUT2D eigenvalue weighted by molar-refractivity contribution is 0.380. The van der Waals surface area contributed by atoms with Crippen LogP contribution >= 0.6 is 0 Å². The zero-order valence-corrected chi connectivity index (χ0v) is 8.79.